The average molecular weight is 466 g/mol. The van der Waals surface area contributed by atoms with E-state index in [1.54, 1.807) is 6.08 Å². The lowest BCUT2D eigenvalue weighted by Crippen LogP contribution is -2.36. The number of nitrogens with zero attached hydrogens (tertiary/aromatic N) is 2. The minimum Gasteiger partial charge on any atom is -0.379 e. The van der Waals surface area contributed by atoms with Crippen LogP contribution < -0.4 is 5.49 Å². The predicted molar refractivity (Wildman–Crippen MR) is 105 cm³/mol. The Balaban J connectivity index is 2.31. The Morgan fingerprint density at radius 1 is 1.19 bits per heavy atom. The van der Waals surface area contributed by atoms with Crippen molar-refractivity contribution in [3.05, 3.63) is 47.6 Å². The minimum atomic E-state index is -4.97. The molecular formula is C20H24F6N4O2. The second-order valence-electron chi connectivity index (χ2n) is 7.05. The highest BCUT2D eigenvalue weighted by Crippen LogP contribution is 2.22. The summed E-state index contributed by atoms with van der Waals surface area (Å²) in [4.78, 5) is 2.13. The van der Waals surface area contributed by atoms with Gasteiger partial charge in [0.2, 0.25) is 5.84 Å². The number of halogens is 6. The summed E-state index contributed by atoms with van der Waals surface area (Å²) < 4.78 is 85.7. The number of hydrogen-bond acceptors (Lipinski definition) is 5. The number of hydrogen-bond donors (Lipinski definition) is 2. The van der Waals surface area contributed by atoms with Crippen molar-refractivity contribution >= 4 is 11.4 Å². The van der Waals surface area contributed by atoms with Gasteiger partial charge in [0.1, 0.15) is 5.49 Å². The maximum atomic E-state index is 13.0. The molecule has 178 valence electrons. The molecule has 32 heavy (non-hydrogen) atoms. The third-order valence-corrected chi connectivity index (χ3v) is 4.57. The molecule has 0 bridgehead atoms. The molecule has 0 aromatic carbocycles. The van der Waals surface area contributed by atoms with Gasteiger partial charge >= 0.3 is 12.5 Å². The van der Waals surface area contributed by atoms with Crippen LogP contribution in [0.1, 0.15) is 18.9 Å². The molecule has 1 aromatic rings. The second kappa shape index (κ2) is 10.9. The Bertz CT molecular complexity index is 899. The van der Waals surface area contributed by atoms with Crippen molar-refractivity contribution in [3.63, 3.8) is 0 Å². The summed E-state index contributed by atoms with van der Waals surface area (Å²) in [5.74, 6) is -1.74. The van der Waals surface area contributed by atoms with Gasteiger partial charge < -0.3 is 4.74 Å². The van der Waals surface area contributed by atoms with Gasteiger partial charge in [-0.2, -0.15) is 13.2 Å². The summed E-state index contributed by atoms with van der Waals surface area (Å²) in [6, 6.07) is 2.47. The van der Waals surface area contributed by atoms with Crippen LogP contribution in [-0.2, 0) is 9.47 Å². The third-order valence-electron chi connectivity index (χ3n) is 4.57. The minimum absolute atomic E-state index is 0.215. The van der Waals surface area contributed by atoms with E-state index in [0.717, 1.165) is 31.4 Å². The molecule has 12 heteroatoms. The average Bonchev–Trinajstić information content (AvgIpc) is 2.69. The number of nitrogens with one attached hydrogen (secondary N) is 2. The van der Waals surface area contributed by atoms with Gasteiger partial charge in [0.25, 0.3) is 0 Å². The molecule has 1 saturated heterocycles. The second-order valence-corrected chi connectivity index (χ2v) is 7.05. The number of ether oxygens (including phenoxy) is 2. The monoisotopic (exact) mass is 466 g/mol. The molecule has 0 spiro atoms. The number of allylic oxidation sites excluding steroid dienone is 2. The molecule has 0 radical (unpaired) electrons. The van der Waals surface area contributed by atoms with Crippen LogP contribution in [-0.4, -0.2) is 66.8 Å². The maximum absolute atomic E-state index is 13.0. The van der Waals surface area contributed by atoms with E-state index >= 15 is 0 Å². The van der Waals surface area contributed by atoms with Crippen molar-refractivity contribution in [3.8, 4) is 0 Å². The van der Waals surface area contributed by atoms with Crippen LogP contribution in [0.25, 0.3) is 5.57 Å². The molecule has 0 saturated carbocycles. The number of aromatic nitrogens is 1. The maximum Gasteiger partial charge on any atom is 0.523 e. The van der Waals surface area contributed by atoms with Gasteiger partial charge in [-0.3, -0.25) is 25.0 Å². The fraction of sp³-hybridized carbons (Fsp3) is 0.500. The molecule has 0 amide bonds. The lowest BCUT2D eigenvalue weighted by atomic mass is 10.0. The Labute approximate surface area is 180 Å². The highest BCUT2D eigenvalue weighted by atomic mass is 19.4. The van der Waals surface area contributed by atoms with E-state index in [-0.39, 0.29) is 5.56 Å². The van der Waals surface area contributed by atoms with Gasteiger partial charge in [-0.05, 0) is 36.6 Å². The van der Waals surface area contributed by atoms with Crippen molar-refractivity contribution in [1.29, 1.82) is 10.8 Å². The molecule has 0 aliphatic carbocycles. The predicted octanol–water partition coefficient (Wildman–Crippen LogP) is 3.94. The van der Waals surface area contributed by atoms with E-state index in [1.807, 2.05) is 0 Å². The van der Waals surface area contributed by atoms with Gasteiger partial charge in [-0.15, -0.1) is 13.2 Å². The first-order valence-corrected chi connectivity index (χ1v) is 9.73. The fourth-order valence-electron chi connectivity index (χ4n) is 2.99. The molecule has 1 atom stereocenters. The van der Waals surface area contributed by atoms with Crippen LogP contribution >= 0.6 is 0 Å². The number of pyridine rings is 1. The van der Waals surface area contributed by atoms with Crippen LogP contribution in [0.3, 0.4) is 0 Å². The molecule has 2 rings (SSSR count). The van der Waals surface area contributed by atoms with Crippen LogP contribution in [0.5, 0.6) is 0 Å². The number of rotatable bonds is 7. The highest BCUT2D eigenvalue weighted by molar-refractivity contribution is 5.87. The van der Waals surface area contributed by atoms with E-state index in [1.165, 1.54) is 19.1 Å². The Morgan fingerprint density at radius 2 is 1.84 bits per heavy atom. The van der Waals surface area contributed by atoms with Crippen molar-refractivity contribution in [2.75, 3.05) is 32.8 Å². The van der Waals surface area contributed by atoms with E-state index in [2.05, 4.69) is 9.64 Å². The van der Waals surface area contributed by atoms with Gasteiger partial charge in [-0.1, -0.05) is 18.2 Å². The van der Waals surface area contributed by atoms with Gasteiger partial charge in [-0.25, -0.2) is 0 Å². The summed E-state index contributed by atoms with van der Waals surface area (Å²) in [6.45, 7) is 4.45. The van der Waals surface area contributed by atoms with Crippen molar-refractivity contribution in [1.82, 2.24) is 9.47 Å². The summed E-state index contributed by atoms with van der Waals surface area (Å²) in [6.07, 6.45) is -5.52. The molecule has 6 nitrogen and oxygen atoms in total. The van der Waals surface area contributed by atoms with Crippen LogP contribution in [0.15, 0.2) is 36.6 Å². The van der Waals surface area contributed by atoms with Gasteiger partial charge in [0.15, 0.2) is 0 Å². The van der Waals surface area contributed by atoms with Crippen molar-refractivity contribution in [2.45, 2.75) is 32.0 Å². The Kier molecular flexibility index (Phi) is 8.81. The summed E-state index contributed by atoms with van der Waals surface area (Å²) in [7, 11) is 0. The molecule has 1 aromatic heterocycles. The topological polar surface area (TPSA) is 74.3 Å². The SMILES string of the molecule is CC(/C=C\C(=C/CCN1CCOCC1)c1ccc(=N)n(C(=N)C(F)(F)F)c1)OC(F)(F)F. The van der Waals surface area contributed by atoms with Crippen LogP contribution in [0, 0.1) is 10.8 Å². The zero-order valence-electron chi connectivity index (χ0n) is 17.3. The Hall–Kier alpha value is -2.44. The van der Waals surface area contributed by atoms with Crippen molar-refractivity contribution < 1.29 is 35.8 Å². The molecule has 2 N–H and O–H groups in total. The molecule has 2 heterocycles. The summed E-state index contributed by atoms with van der Waals surface area (Å²) in [5.41, 5.74) is 0.00791. The smallest absolute Gasteiger partial charge is 0.379 e. The van der Waals surface area contributed by atoms with E-state index in [9.17, 15) is 26.3 Å². The zero-order chi connectivity index (χ0) is 23.9. The lowest BCUT2D eigenvalue weighted by molar-refractivity contribution is -0.334. The van der Waals surface area contributed by atoms with Crippen LogP contribution in [0.4, 0.5) is 26.3 Å². The first-order chi connectivity index (χ1) is 14.9. The number of morpholine rings is 1. The lowest BCUT2D eigenvalue weighted by Gasteiger charge is -2.26. The molecule has 1 unspecified atom stereocenters. The van der Waals surface area contributed by atoms with E-state index in [0.29, 0.717) is 36.3 Å². The standard InChI is InChI=1S/C20H24F6N4O2/c1-14(32-20(24,25)26)4-5-15(3-2-8-29-9-11-31-12-10-29)16-6-7-17(27)30(13-16)18(28)19(21,22)23/h3-7,13-14,27-28H,2,8-12H2,1H3/b5-4-,15-3+,27-17?,28-18?. The van der Waals surface area contributed by atoms with Crippen molar-refractivity contribution in [2.24, 2.45) is 0 Å². The first kappa shape index (κ1) is 25.8. The summed E-state index contributed by atoms with van der Waals surface area (Å²) in [5, 5.41) is 15.0. The zero-order valence-corrected chi connectivity index (χ0v) is 17.3. The first-order valence-electron chi connectivity index (χ1n) is 9.73. The largest absolute Gasteiger partial charge is 0.523 e. The Morgan fingerprint density at radius 3 is 2.44 bits per heavy atom. The molecule has 1 fully saturated rings. The normalized spacial score (nSPS) is 17.7. The van der Waals surface area contributed by atoms with E-state index in [4.69, 9.17) is 15.6 Å². The molecular weight excluding hydrogens is 442 g/mol. The fourth-order valence-corrected chi connectivity index (χ4v) is 2.99. The quantitative estimate of drug-likeness (QED) is 0.277. The third kappa shape index (κ3) is 8.24. The molecule has 1 aliphatic rings. The van der Waals surface area contributed by atoms with Crippen LogP contribution in [0.2, 0.25) is 0 Å². The van der Waals surface area contributed by atoms with E-state index < -0.39 is 30.0 Å². The number of alkyl halides is 6. The highest BCUT2D eigenvalue weighted by Gasteiger charge is 2.36. The van der Waals surface area contributed by atoms with Gasteiger partial charge in [0, 0.05) is 25.8 Å². The molecule has 1 aliphatic heterocycles. The van der Waals surface area contributed by atoms with Gasteiger partial charge in [0.05, 0.1) is 19.3 Å². The summed E-state index contributed by atoms with van der Waals surface area (Å²) >= 11 is 0.